The number of aryl methyl sites for hydroxylation is 2. The number of benzene rings is 1. The van der Waals surface area contributed by atoms with Crippen molar-refractivity contribution in [3.63, 3.8) is 0 Å². The van der Waals surface area contributed by atoms with E-state index in [0.29, 0.717) is 18.3 Å². The highest BCUT2D eigenvalue weighted by Crippen LogP contribution is 2.31. The predicted molar refractivity (Wildman–Crippen MR) is 95.3 cm³/mol. The number of aromatic nitrogens is 3. The third kappa shape index (κ3) is 3.22. The Morgan fingerprint density at radius 3 is 2.96 bits per heavy atom. The van der Waals surface area contributed by atoms with E-state index in [1.54, 1.807) is 6.07 Å². The van der Waals surface area contributed by atoms with E-state index < -0.39 is 0 Å². The minimum absolute atomic E-state index is 0.0645. The molecule has 1 N–H and O–H groups in total. The van der Waals surface area contributed by atoms with Gasteiger partial charge in [-0.25, -0.2) is 0 Å². The monoisotopic (exact) mass is 338 g/mol. The SMILES string of the molecule is Cc1ccc2[nH]c(CN3CCCCC3c3nc(C)no3)cc(=O)c2c1. The zero-order chi connectivity index (χ0) is 17.4. The van der Waals surface area contributed by atoms with Crippen molar-refractivity contribution in [2.75, 3.05) is 6.54 Å². The number of piperidine rings is 1. The summed E-state index contributed by atoms with van der Waals surface area (Å²) in [5.41, 5.74) is 2.96. The number of rotatable bonds is 3. The summed E-state index contributed by atoms with van der Waals surface area (Å²) in [6.45, 7) is 5.46. The number of nitrogens with one attached hydrogen (secondary N) is 1. The molecule has 3 heterocycles. The first kappa shape index (κ1) is 16.0. The van der Waals surface area contributed by atoms with E-state index in [0.717, 1.165) is 48.0 Å². The van der Waals surface area contributed by atoms with Gasteiger partial charge in [-0.3, -0.25) is 9.69 Å². The van der Waals surface area contributed by atoms with Gasteiger partial charge in [0.05, 0.1) is 6.04 Å². The Morgan fingerprint density at radius 1 is 1.28 bits per heavy atom. The second kappa shape index (κ2) is 6.44. The van der Waals surface area contributed by atoms with E-state index in [1.807, 2.05) is 32.0 Å². The maximum absolute atomic E-state index is 12.5. The van der Waals surface area contributed by atoms with Crippen LogP contribution in [0.15, 0.2) is 33.6 Å². The lowest BCUT2D eigenvalue weighted by atomic mass is 10.0. The van der Waals surface area contributed by atoms with Gasteiger partial charge in [0.15, 0.2) is 11.3 Å². The number of pyridine rings is 1. The van der Waals surface area contributed by atoms with Crippen LogP contribution in [0.25, 0.3) is 10.9 Å². The molecule has 4 rings (SSSR count). The highest BCUT2D eigenvalue weighted by molar-refractivity contribution is 5.79. The summed E-state index contributed by atoms with van der Waals surface area (Å²) in [6, 6.07) is 7.76. The first-order valence-corrected chi connectivity index (χ1v) is 8.77. The molecule has 1 unspecified atom stereocenters. The first-order chi connectivity index (χ1) is 12.1. The number of hydrogen-bond donors (Lipinski definition) is 1. The summed E-state index contributed by atoms with van der Waals surface area (Å²) in [5.74, 6) is 1.34. The molecule has 130 valence electrons. The maximum Gasteiger partial charge on any atom is 0.243 e. The molecule has 6 nitrogen and oxygen atoms in total. The highest BCUT2D eigenvalue weighted by Gasteiger charge is 2.28. The van der Waals surface area contributed by atoms with Crippen LogP contribution in [0.2, 0.25) is 0 Å². The van der Waals surface area contributed by atoms with Gasteiger partial charge in [-0.1, -0.05) is 23.2 Å². The summed E-state index contributed by atoms with van der Waals surface area (Å²) in [5, 5.41) is 4.67. The maximum atomic E-state index is 12.5. The van der Waals surface area contributed by atoms with Crippen LogP contribution in [0, 0.1) is 13.8 Å². The summed E-state index contributed by atoms with van der Waals surface area (Å²) in [7, 11) is 0. The van der Waals surface area contributed by atoms with Crippen molar-refractivity contribution in [1.82, 2.24) is 20.0 Å². The Bertz CT molecular complexity index is 959. The number of hydrogen-bond acceptors (Lipinski definition) is 5. The fourth-order valence-electron chi connectivity index (χ4n) is 3.63. The Hall–Kier alpha value is -2.47. The molecule has 1 aliphatic heterocycles. The van der Waals surface area contributed by atoms with E-state index in [-0.39, 0.29) is 11.5 Å². The zero-order valence-corrected chi connectivity index (χ0v) is 14.6. The largest absolute Gasteiger partial charge is 0.357 e. The van der Waals surface area contributed by atoms with Gasteiger partial charge in [0.25, 0.3) is 0 Å². The molecule has 3 aromatic rings. The van der Waals surface area contributed by atoms with Crippen molar-refractivity contribution in [3.8, 4) is 0 Å². The van der Waals surface area contributed by atoms with Gasteiger partial charge in [-0.2, -0.15) is 4.98 Å². The lowest BCUT2D eigenvalue weighted by molar-refractivity contribution is 0.110. The second-order valence-corrected chi connectivity index (χ2v) is 6.87. The van der Waals surface area contributed by atoms with Crippen LogP contribution in [0.5, 0.6) is 0 Å². The van der Waals surface area contributed by atoms with Crippen molar-refractivity contribution in [1.29, 1.82) is 0 Å². The molecule has 0 aliphatic carbocycles. The molecule has 0 saturated carbocycles. The molecular formula is C19H22N4O2. The van der Waals surface area contributed by atoms with Crippen LogP contribution in [0.3, 0.4) is 0 Å². The Labute approximate surface area is 145 Å². The molecule has 0 spiro atoms. The standard InChI is InChI=1S/C19H22N4O2/c1-12-6-7-16-15(9-12)18(24)10-14(21-16)11-23-8-4-3-5-17(23)19-20-13(2)22-25-19/h6-7,9-10,17H,3-5,8,11H2,1-2H3,(H,21,24). The molecule has 1 aromatic carbocycles. The predicted octanol–water partition coefficient (Wildman–Crippen LogP) is 3.26. The van der Waals surface area contributed by atoms with Gasteiger partial charge in [0, 0.05) is 29.2 Å². The molecule has 0 bridgehead atoms. The molecule has 1 fully saturated rings. The van der Waals surface area contributed by atoms with Crippen LogP contribution in [-0.4, -0.2) is 26.6 Å². The third-order valence-electron chi connectivity index (χ3n) is 4.86. The number of H-pyrrole nitrogens is 1. The van der Waals surface area contributed by atoms with Crippen molar-refractivity contribution in [3.05, 3.63) is 57.5 Å². The van der Waals surface area contributed by atoms with E-state index in [9.17, 15) is 4.79 Å². The van der Waals surface area contributed by atoms with E-state index in [4.69, 9.17) is 4.52 Å². The van der Waals surface area contributed by atoms with Crippen LogP contribution in [0.1, 0.15) is 48.3 Å². The fourth-order valence-corrected chi connectivity index (χ4v) is 3.63. The van der Waals surface area contributed by atoms with Gasteiger partial charge in [-0.05, 0) is 45.4 Å². The molecule has 1 aliphatic rings. The van der Waals surface area contributed by atoms with Crippen LogP contribution < -0.4 is 5.43 Å². The van der Waals surface area contributed by atoms with Crippen molar-refractivity contribution >= 4 is 10.9 Å². The highest BCUT2D eigenvalue weighted by atomic mass is 16.5. The summed E-state index contributed by atoms with van der Waals surface area (Å²) >= 11 is 0. The third-order valence-corrected chi connectivity index (χ3v) is 4.86. The molecule has 0 radical (unpaired) electrons. The van der Waals surface area contributed by atoms with Crippen molar-refractivity contribution in [2.45, 2.75) is 45.7 Å². The fraction of sp³-hybridized carbons (Fsp3) is 0.421. The van der Waals surface area contributed by atoms with Gasteiger partial charge < -0.3 is 9.51 Å². The Kier molecular flexibility index (Phi) is 4.13. The number of aromatic amines is 1. The van der Waals surface area contributed by atoms with E-state index in [2.05, 4.69) is 20.0 Å². The van der Waals surface area contributed by atoms with Gasteiger partial charge in [0.2, 0.25) is 5.89 Å². The van der Waals surface area contributed by atoms with Crippen molar-refractivity contribution in [2.24, 2.45) is 0 Å². The zero-order valence-electron chi connectivity index (χ0n) is 14.6. The van der Waals surface area contributed by atoms with Gasteiger partial charge in [0.1, 0.15) is 0 Å². The molecule has 2 aromatic heterocycles. The lowest BCUT2D eigenvalue weighted by Gasteiger charge is -2.33. The molecule has 6 heteroatoms. The summed E-state index contributed by atoms with van der Waals surface area (Å²) in [4.78, 5) is 22.6. The summed E-state index contributed by atoms with van der Waals surface area (Å²) in [6.07, 6.45) is 3.29. The molecule has 25 heavy (non-hydrogen) atoms. The molecule has 0 amide bonds. The average molecular weight is 338 g/mol. The van der Waals surface area contributed by atoms with Gasteiger partial charge in [-0.15, -0.1) is 0 Å². The van der Waals surface area contributed by atoms with Gasteiger partial charge >= 0.3 is 0 Å². The number of nitrogens with zero attached hydrogens (tertiary/aromatic N) is 3. The first-order valence-electron chi connectivity index (χ1n) is 8.77. The molecular weight excluding hydrogens is 316 g/mol. The quantitative estimate of drug-likeness (QED) is 0.793. The van der Waals surface area contributed by atoms with Crippen LogP contribution in [-0.2, 0) is 6.54 Å². The Balaban J connectivity index is 1.64. The smallest absolute Gasteiger partial charge is 0.243 e. The summed E-state index contributed by atoms with van der Waals surface area (Å²) < 4.78 is 5.40. The average Bonchev–Trinajstić information content (AvgIpc) is 3.02. The minimum Gasteiger partial charge on any atom is -0.357 e. The number of likely N-dealkylation sites (tertiary alicyclic amines) is 1. The normalized spacial score (nSPS) is 18.7. The molecule has 1 atom stereocenters. The lowest BCUT2D eigenvalue weighted by Crippen LogP contribution is -2.33. The molecule has 1 saturated heterocycles. The van der Waals surface area contributed by atoms with Crippen molar-refractivity contribution < 1.29 is 4.52 Å². The number of fused-ring (bicyclic) bond motifs is 1. The second-order valence-electron chi connectivity index (χ2n) is 6.87. The van der Waals surface area contributed by atoms with E-state index in [1.165, 1.54) is 0 Å². The topological polar surface area (TPSA) is 75.0 Å². The van der Waals surface area contributed by atoms with Crippen LogP contribution in [0.4, 0.5) is 0 Å². The van der Waals surface area contributed by atoms with Crippen LogP contribution >= 0.6 is 0 Å². The van der Waals surface area contributed by atoms with E-state index >= 15 is 0 Å². The minimum atomic E-state index is 0.0645. The Morgan fingerprint density at radius 2 is 2.16 bits per heavy atom.